The minimum Gasteiger partial charge on any atom is -0.545 e. The number of carbonyl (C=O) groups is 2. The van der Waals surface area contributed by atoms with E-state index in [1.165, 1.54) is 24.3 Å². The van der Waals surface area contributed by atoms with E-state index in [1.807, 2.05) is 0 Å². The molecule has 2 N–H and O–H groups in total. The molecule has 0 radical (unpaired) electrons. The maximum Gasteiger partial charge on any atom is 0.248 e. The summed E-state index contributed by atoms with van der Waals surface area (Å²) in [5, 5.41) is 10.3. The number of nitrogens with two attached hydrogens (primary N) is 1. The largest absolute Gasteiger partial charge is 0.545 e. The second-order valence-corrected chi connectivity index (χ2v) is 2.23. The SMILES string of the molecule is NC(=O)c1ccc(C(=O)[O-])cc1. The molecule has 1 aromatic carbocycles. The first-order chi connectivity index (χ1) is 5.61. The van der Waals surface area contributed by atoms with Crippen molar-refractivity contribution >= 4 is 11.9 Å². The van der Waals surface area contributed by atoms with Crippen molar-refractivity contribution in [2.24, 2.45) is 5.73 Å². The van der Waals surface area contributed by atoms with Gasteiger partial charge in [-0.25, -0.2) is 0 Å². The Morgan fingerprint density at radius 1 is 1.08 bits per heavy atom. The molecule has 1 rings (SSSR count). The lowest BCUT2D eigenvalue weighted by Gasteiger charge is -2.01. The van der Waals surface area contributed by atoms with Gasteiger partial charge in [-0.3, -0.25) is 4.79 Å². The Balaban J connectivity index is 3.01. The lowest BCUT2D eigenvalue weighted by Crippen LogP contribution is -2.22. The van der Waals surface area contributed by atoms with E-state index in [-0.39, 0.29) is 11.1 Å². The van der Waals surface area contributed by atoms with Crippen molar-refractivity contribution in [3.63, 3.8) is 0 Å². The van der Waals surface area contributed by atoms with Crippen LogP contribution in [0.5, 0.6) is 0 Å². The summed E-state index contributed by atoms with van der Waals surface area (Å²) in [5.74, 6) is -1.86. The van der Waals surface area contributed by atoms with E-state index in [1.54, 1.807) is 0 Å². The number of hydrogen-bond acceptors (Lipinski definition) is 3. The van der Waals surface area contributed by atoms with Crippen LogP contribution in [0, 0.1) is 0 Å². The van der Waals surface area contributed by atoms with Crippen LogP contribution in [0.25, 0.3) is 0 Å². The van der Waals surface area contributed by atoms with Crippen LogP contribution in [0.4, 0.5) is 0 Å². The maximum atomic E-state index is 10.5. The Kier molecular flexibility index (Phi) is 2.09. The van der Waals surface area contributed by atoms with Crippen LogP contribution in [0.3, 0.4) is 0 Å². The predicted molar refractivity (Wildman–Crippen MR) is 39.3 cm³/mol. The highest BCUT2D eigenvalue weighted by molar-refractivity contribution is 5.94. The monoisotopic (exact) mass is 164 g/mol. The van der Waals surface area contributed by atoms with Gasteiger partial charge < -0.3 is 15.6 Å². The second kappa shape index (κ2) is 3.04. The van der Waals surface area contributed by atoms with Crippen LogP contribution in [0.1, 0.15) is 20.7 Å². The van der Waals surface area contributed by atoms with Gasteiger partial charge in [0.25, 0.3) is 0 Å². The topological polar surface area (TPSA) is 83.2 Å². The van der Waals surface area contributed by atoms with Gasteiger partial charge in [0.15, 0.2) is 0 Å². The number of carboxylic acids is 1. The lowest BCUT2D eigenvalue weighted by molar-refractivity contribution is -0.255. The van der Waals surface area contributed by atoms with Crippen LogP contribution < -0.4 is 10.8 Å². The third-order valence-corrected chi connectivity index (χ3v) is 1.41. The van der Waals surface area contributed by atoms with Gasteiger partial charge in [0.1, 0.15) is 0 Å². The highest BCUT2D eigenvalue weighted by Crippen LogP contribution is 2.02. The first-order valence-corrected chi connectivity index (χ1v) is 3.22. The summed E-state index contributed by atoms with van der Waals surface area (Å²) < 4.78 is 0. The molecule has 0 spiro atoms. The van der Waals surface area contributed by atoms with Crippen LogP contribution in [0.15, 0.2) is 24.3 Å². The first kappa shape index (κ1) is 8.26. The molecular formula is C8H6NO3-. The summed E-state index contributed by atoms with van der Waals surface area (Å²) in [6.45, 7) is 0. The van der Waals surface area contributed by atoms with E-state index in [2.05, 4.69) is 0 Å². The van der Waals surface area contributed by atoms with Gasteiger partial charge in [0.05, 0.1) is 5.97 Å². The molecule has 0 atom stereocenters. The number of hydrogen-bond donors (Lipinski definition) is 1. The molecule has 0 bridgehead atoms. The number of carbonyl (C=O) groups excluding carboxylic acids is 2. The highest BCUT2D eigenvalue weighted by Gasteiger charge is 1.98. The zero-order valence-electron chi connectivity index (χ0n) is 6.11. The fraction of sp³-hybridized carbons (Fsp3) is 0. The Bertz CT molecular complexity index is 283. The quantitative estimate of drug-likeness (QED) is 0.617. The van der Waals surface area contributed by atoms with E-state index in [0.29, 0.717) is 0 Å². The Hall–Kier alpha value is -1.84. The van der Waals surface area contributed by atoms with Crippen LogP contribution in [-0.2, 0) is 0 Å². The average molecular weight is 164 g/mol. The predicted octanol–water partition coefficient (Wildman–Crippen LogP) is -0.851. The van der Waals surface area contributed by atoms with Crippen molar-refractivity contribution in [3.8, 4) is 0 Å². The zero-order chi connectivity index (χ0) is 9.14. The van der Waals surface area contributed by atoms with E-state index in [9.17, 15) is 14.7 Å². The van der Waals surface area contributed by atoms with Gasteiger partial charge in [-0.1, -0.05) is 12.1 Å². The number of primary amides is 1. The number of carboxylic acid groups (broad SMARTS) is 1. The molecule has 0 heterocycles. The van der Waals surface area contributed by atoms with Gasteiger partial charge in [-0.15, -0.1) is 0 Å². The van der Waals surface area contributed by atoms with Gasteiger partial charge in [0, 0.05) is 5.56 Å². The van der Waals surface area contributed by atoms with Crippen molar-refractivity contribution in [1.29, 1.82) is 0 Å². The number of aromatic carboxylic acids is 1. The molecule has 0 aliphatic rings. The molecule has 0 aromatic heterocycles. The van der Waals surface area contributed by atoms with Gasteiger partial charge in [0.2, 0.25) is 5.91 Å². The normalized spacial score (nSPS) is 9.33. The molecular weight excluding hydrogens is 158 g/mol. The summed E-state index contributed by atoms with van der Waals surface area (Å²) in [4.78, 5) is 20.8. The third kappa shape index (κ3) is 1.60. The van der Waals surface area contributed by atoms with Crippen LogP contribution in [-0.4, -0.2) is 11.9 Å². The minimum atomic E-state index is -1.27. The summed E-state index contributed by atoms with van der Waals surface area (Å²) in [6, 6.07) is 5.23. The molecule has 0 aliphatic carbocycles. The molecule has 62 valence electrons. The standard InChI is InChI=1S/C8H7NO3/c9-7(10)5-1-3-6(4-2-5)8(11)12/h1-4H,(H2,9,10)(H,11,12)/p-1. The number of amides is 1. The molecule has 4 nitrogen and oxygen atoms in total. The molecule has 0 saturated carbocycles. The van der Waals surface area contributed by atoms with Crippen molar-refractivity contribution in [2.45, 2.75) is 0 Å². The van der Waals surface area contributed by atoms with Crippen molar-refractivity contribution < 1.29 is 14.7 Å². The Morgan fingerprint density at radius 3 is 1.83 bits per heavy atom. The average Bonchev–Trinajstić information content (AvgIpc) is 2.04. The van der Waals surface area contributed by atoms with E-state index < -0.39 is 11.9 Å². The molecule has 0 aliphatic heterocycles. The lowest BCUT2D eigenvalue weighted by atomic mass is 10.1. The Labute approximate surface area is 68.6 Å². The van der Waals surface area contributed by atoms with Crippen LogP contribution in [0.2, 0.25) is 0 Å². The van der Waals surface area contributed by atoms with Gasteiger partial charge in [-0.05, 0) is 17.7 Å². The molecule has 12 heavy (non-hydrogen) atoms. The van der Waals surface area contributed by atoms with Crippen molar-refractivity contribution in [3.05, 3.63) is 35.4 Å². The number of benzene rings is 1. The van der Waals surface area contributed by atoms with Crippen molar-refractivity contribution in [1.82, 2.24) is 0 Å². The van der Waals surface area contributed by atoms with Gasteiger partial charge >= 0.3 is 0 Å². The maximum absolute atomic E-state index is 10.5. The molecule has 0 saturated heterocycles. The number of rotatable bonds is 2. The smallest absolute Gasteiger partial charge is 0.248 e. The summed E-state index contributed by atoms with van der Waals surface area (Å²) in [7, 11) is 0. The second-order valence-electron chi connectivity index (χ2n) is 2.23. The molecule has 4 heteroatoms. The van der Waals surface area contributed by atoms with Gasteiger partial charge in [-0.2, -0.15) is 0 Å². The summed E-state index contributed by atoms with van der Waals surface area (Å²) in [5.41, 5.74) is 5.24. The van der Waals surface area contributed by atoms with E-state index >= 15 is 0 Å². The van der Waals surface area contributed by atoms with Crippen molar-refractivity contribution in [2.75, 3.05) is 0 Å². The van der Waals surface area contributed by atoms with E-state index in [4.69, 9.17) is 5.73 Å². The molecule has 0 fully saturated rings. The minimum absolute atomic E-state index is 0.0278. The molecule has 0 unspecified atom stereocenters. The van der Waals surface area contributed by atoms with Crippen LogP contribution >= 0.6 is 0 Å². The third-order valence-electron chi connectivity index (χ3n) is 1.41. The fourth-order valence-electron chi connectivity index (χ4n) is 0.771. The molecule has 1 aromatic rings. The zero-order valence-corrected chi connectivity index (χ0v) is 6.11. The molecule has 1 amide bonds. The van der Waals surface area contributed by atoms with E-state index in [0.717, 1.165) is 0 Å². The summed E-state index contributed by atoms with van der Waals surface area (Å²) >= 11 is 0. The first-order valence-electron chi connectivity index (χ1n) is 3.22. The Morgan fingerprint density at radius 2 is 1.50 bits per heavy atom. The summed E-state index contributed by atoms with van der Waals surface area (Å²) in [6.07, 6.45) is 0. The highest BCUT2D eigenvalue weighted by atomic mass is 16.4. The fourth-order valence-corrected chi connectivity index (χ4v) is 0.771.